The number of hydrogen-bond donors (Lipinski definition) is 3. The molecule has 0 aliphatic heterocycles. The summed E-state index contributed by atoms with van der Waals surface area (Å²) in [6.45, 7) is 2.81. The van der Waals surface area contributed by atoms with Gasteiger partial charge in [-0.3, -0.25) is 14.5 Å². The molecule has 0 unspecified atom stereocenters. The van der Waals surface area contributed by atoms with E-state index in [1.165, 1.54) is 44.9 Å². The second-order valence-electron chi connectivity index (χ2n) is 7.04. The number of nitrogens with zero attached hydrogens (tertiary/aromatic N) is 1. The number of ether oxygens (including phenoxy) is 1. The van der Waals surface area contributed by atoms with E-state index in [0.29, 0.717) is 26.1 Å². The fourth-order valence-electron chi connectivity index (χ4n) is 2.85. The van der Waals surface area contributed by atoms with Gasteiger partial charge in [0, 0.05) is 26.1 Å². The number of carboxylic acids is 2. The van der Waals surface area contributed by atoms with Crippen molar-refractivity contribution < 1.29 is 29.3 Å². The van der Waals surface area contributed by atoms with Crippen molar-refractivity contribution in [1.82, 2.24) is 10.2 Å². The van der Waals surface area contributed by atoms with E-state index in [9.17, 15) is 14.4 Å². The first kappa shape index (κ1) is 34.9. The van der Waals surface area contributed by atoms with Gasteiger partial charge in [0.2, 0.25) is 5.91 Å². The van der Waals surface area contributed by atoms with Gasteiger partial charge in [-0.15, -0.1) is 0 Å². The number of amides is 1. The monoisotopic (exact) mass is 450 g/mol. The van der Waals surface area contributed by atoms with Gasteiger partial charge in [-0.05, 0) is 6.42 Å². The molecule has 0 saturated heterocycles. The van der Waals surface area contributed by atoms with Crippen molar-refractivity contribution in [3.63, 3.8) is 0 Å². The third-order valence-corrected chi connectivity index (χ3v) is 4.39. The van der Waals surface area contributed by atoms with E-state index in [0.717, 1.165) is 12.8 Å². The minimum atomic E-state index is -1.06. The number of carbonyl (C=O) groups is 3. The van der Waals surface area contributed by atoms with E-state index in [1.54, 1.807) is 4.90 Å². The molecule has 3 N–H and O–H groups in total. The van der Waals surface area contributed by atoms with Crippen molar-refractivity contribution in [3.05, 3.63) is 0 Å². The van der Waals surface area contributed by atoms with Gasteiger partial charge in [0.25, 0.3) is 0 Å². The molecule has 0 fully saturated rings. The van der Waals surface area contributed by atoms with E-state index in [1.807, 2.05) is 0 Å². The molecular weight excluding hydrogens is 410 g/mol. The van der Waals surface area contributed by atoms with Gasteiger partial charge >= 0.3 is 71.1 Å². The van der Waals surface area contributed by atoms with Crippen LogP contribution in [0.25, 0.3) is 0 Å². The van der Waals surface area contributed by atoms with Gasteiger partial charge in [0.1, 0.15) is 6.61 Å². The fourth-order valence-corrected chi connectivity index (χ4v) is 2.85. The molecule has 168 valence electrons. The van der Waals surface area contributed by atoms with Crippen molar-refractivity contribution in [1.29, 1.82) is 0 Å². The van der Waals surface area contributed by atoms with Gasteiger partial charge in [-0.25, -0.2) is 4.79 Å². The summed E-state index contributed by atoms with van der Waals surface area (Å²) in [6.07, 6.45) is 11.3. The molecule has 0 aromatic rings. The van der Waals surface area contributed by atoms with E-state index >= 15 is 0 Å². The molecule has 10 heteroatoms. The zero-order chi connectivity index (χ0) is 21.0. The van der Waals surface area contributed by atoms with Crippen LogP contribution in [-0.2, 0) is 19.1 Å². The van der Waals surface area contributed by atoms with Crippen molar-refractivity contribution in [2.45, 2.75) is 71.1 Å². The van der Waals surface area contributed by atoms with Crippen LogP contribution < -0.4 is 5.32 Å². The summed E-state index contributed by atoms with van der Waals surface area (Å²) in [5.41, 5.74) is 0. The molecular formula is C20H40N2Na2O6. The van der Waals surface area contributed by atoms with Crippen LogP contribution in [0, 0.1) is 0 Å². The average Bonchev–Trinajstić information content (AvgIpc) is 2.63. The SMILES string of the molecule is CCCCCCCCCCCC(=O)NCCN(CCOCC(=O)O)CC(=O)O.[NaH].[NaH]. The average molecular weight is 451 g/mol. The van der Waals surface area contributed by atoms with Crippen LogP contribution in [0.2, 0.25) is 0 Å². The van der Waals surface area contributed by atoms with E-state index < -0.39 is 18.5 Å². The van der Waals surface area contributed by atoms with E-state index in [2.05, 4.69) is 12.2 Å². The Morgan fingerprint density at radius 2 is 1.40 bits per heavy atom. The molecule has 0 radical (unpaired) electrons. The number of carboxylic acid groups (broad SMARTS) is 2. The third-order valence-electron chi connectivity index (χ3n) is 4.39. The van der Waals surface area contributed by atoms with E-state index in [4.69, 9.17) is 14.9 Å². The topological polar surface area (TPSA) is 116 Å². The molecule has 0 aromatic carbocycles. The molecule has 1 amide bonds. The number of rotatable bonds is 20. The quantitative estimate of drug-likeness (QED) is 0.189. The maximum absolute atomic E-state index is 11.9. The molecule has 0 aliphatic rings. The Labute approximate surface area is 225 Å². The summed E-state index contributed by atoms with van der Waals surface area (Å²) in [5.74, 6) is -2.05. The van der Waals surface area contributed by atoms with Crippen molar-refractivity contribution in [2.24, 2.45) is 0 Å². The Morgan fingerprint density at radius 3 is 1.93 bits per heavy atom. The predicted octanol–water partition coefficient (Wildman–Crippen LogP) is 1.21. The standard InChI is InChI=1S/C20H38N2O6.2Na.2H/c1-2-3-4-5-6-7-8-9-10-11-18(23)21-12-13-22(16-19(24)25)14-15-28-17-20(26)27;;;;/h2-17H2,1H3,(H,21,23)(H,24,25)(H,26,27);;;;. The molecule has 8 nitrogen and oxygen atoms in total. The Bertz CT molecular complexity index is 442. The summed E-state index contributed by atoms with van der Waals surface area (Å²) >= 11 is 0. The number of carbonyl (C=O) groups excluding carboxylic acids is 1. The number of unbranched alkanes of at least 4 members (excludes halogenated alkanes) is 8. The number of nitrogens with one attached hydrogen (secondary N) is 1. The van der Waals surface area contributed by atoms with Crippen LogP contribution in [-0.4, -0.2) is 131 Å². The summed E-state index contributed by atoms with van der Waals surface area (Å²) < 4.78 is 4.93. The first-order chi connectivity index (χ1) is 13.5. The van der Waals surface area contributed by atoms with Gasteiger partial charge in [-0.2, -0.15) is 0 Å². The van der Waals surface area contributed by atoms with Gasteiger partial charge in [0.15, 0.2) is 0 Å². The Hall–Kier alpha value is 0.330. The van der Waals surface area contributed by atoms with Crippen LogP contribution in [0.15, 0.2) is 0 Å². The number of aliphatic carboxylic acids is 2. The molecule has 30 heavy (non-hydrogen) atoms. The van der Waals surface area contributed by atoms with Gasteiger partial charge in [0.05, 0.1) is 13.2 Å². The second kappa shape index (κ2) is 25.6. The normalized spacial score (nSPS) is 10.2. The summed E-state index contributed by atoms with van der Waals surface area (Å²) in [4.78, 5) is 34.7. The molecule has 0 spiro atoms. The van der Waals surface area contributed by atoms with Crippen LogP contribution >= 0.6 is 0 Å². The maximum atomic E-state index is 11.9. The van der Waals surface area contributed by atoms with Gasteiger partial charge in [-0.1, -0.05) is 58.3 Å². The van der Waals surface area contributed by atoms with Crippen molar-refractivity contribution in [2.75, 3.05) is 39.4 Å². The van der Waals surface area contributed by atoms with Crippen LogP contribution in [0.5, 0.6) is 0 Å². The molecule has 0 atom stereocenters. The first-order valence-electron chi connectivity index (χ1n) is 10.5. The first-order valence-corrected chi connectivity index (χ1v) is 10.5. The molecule has 0 bridgehead atoms. The van der Waals surface area contributed by atoms with Crippen LogP contribution in [0.4, 0.5) is 0 Å². The summed E-state index contributed by atoms with van der Waals surface area (Å²) in [6, 6.07) is 0. The Kier molecular flexibility index (Phi) is 29.8. The molecule has 0 saturated carbocycles. The zero-order valence-electron chi connectivity index (χ0n) is 17.3. The number of hydrogen-bond acceptors (Lipinski definition) is 5. The van der Waals surface area contributed by atoms with Crippen molar-refractivity contribution >= 4 is 77.0 Å². The minimum absolute atomic E-state index is 0. The van der Waals surface area contributed by atoms with Crippen molar-refractivity contribution in [3.8, 4) is 0 Å². The molecule has 0 heterocycles. The third kappa shape index (κ3) is 26.4. The predicted molar refractivity (Wildman–Crippen MR) is 122 cm³/mol. The van der Waals surface area contributed by atoms with E-state index in [-0.39, 0.29) is 78.2 Å². The fraction of sp³-hybridized carbons (Fsp3) is 0.850. The molecule has 0 rings (SSSR count). The summed E-state index contributed by atoms with van der Waals surface area (Å²) in [7, 11) is 0. The van der Waals surface area contributed by atoms with Crippen LogP contribution in [0.1, 0.15) is 71.1 Å². The Morgan fingerprint density at radius 1 is 0.833 bits per heavy atom. The van der Waals surface area contributed by atoms with Gasteiger partial charge < -0.3 is 20.3 Å². The molecule has 0 aliphatic carbocycles. The molecule has 0 aromatic heterocycles. The zero-order valence-corrected chi connectivity index (χ0v) is 17.3. The van der Waals surface area contributed by atoms with Crippen LogP contribution in [0.3, 0.4) is 0 Å². The summed E-state index contributed by atoms with van der Waals surface area (Å²) in [5, 5.41) is 20.2. The second-order valence-corrected chi connectivity index (χ2v) is 7.04. The Balaban J connectivity index is -0.00000364.